The SMILES string of the molecule is Cc1ccc(C2OCC(CCN)O2)s1. The number of ether oxygens (including phenoxy) is 2. The van der Waals surface area contributed by atoms with E-state index in [2.05, 4.69) is 19.1 Å². The summed E-state index contributed by atoms with van der Waals surface area (Å²) < 4.78 is 11.3. The van der Waals surface area contributed by atoms with Gasteiger partial charge >= 0.3 is 0 Å². The van der Waals surface area contributed by atoms with Crippen LogP contribution in [0.3, 0.4) is 0 Å². The van der Waals surface area contributed by atoms with E-state index in [4.69, 9.17) is 15.2 Å². The molecule has 2 rings (SSSR count). The van der Waals surface area contributed by atoms with Crippen LogP contribution in [0.25, 0.3) is 0 Å². The zero-order chi connectivity index (χ0) is 9.97. The Morgan fingerprint density at radius 2 is 2.43 bits per heavy atom. The fourth-order valence-corrected chi connectivity index (χ4v) is 2.38. The lowest BCUT2D eigenvalue weighted by Gasteiger charge is -2.08. The minimum atomic E-state index is -0.162. The second-order valence-electron chi connectivity index (χ2n) is 3.45. The maximum absolute atomic E-state index is 5.71. The molecule has 0 spiro atoms. The molecule has 1 fully saturated rings. The second-order valence-corrected chi connectivity index (χ2v) is 4.77. The molecule has 1 aromatic heterocycles. The topological polar surface area (TPSA) is 44.5 Å². The highest BCUT2D eigenvalue weighted by Gasteiger charge is 2.27. The van der Waals surface area contributed by atoms with Gasteiger partial charge in [-0.25, -0.2) is 0 Å². The van der Waals surface area contributed by atoms with E-state index in [9.17, 15) is 0 Å². The van der Waals surface area contributed by atoms with Crippen molar-refractivity contribution in [1.29, 1.82) is 0 Å². The smallest absolute Gasteiger partial charge is 0.193 e. The lowest BCUT2D eigenvalue weighted by atomic mass is 10.3. The molecule has 0 saturated carbocycles. The summed E-state index contributed by atoms with van der Waals surface area (Å²) in [6.07, 6.45) is 0.888. The zero-order valence-corrected chi connectivity index (χ0v) is 9.05. The van der Waals surface area contributed by atoms with Gasteiger partial charge in [0.2, 0.25) is 0 Å². The predicted octanol–water partition coefficient (Wildman–Crippen LogP) is 1.82. The second kappa shape index (κ2) is 4.40. The lowest BCUT2D eigenvalue weighted by Crippen LogP contribution is -2.15. The van der Waals surface area contributed by atoms with Crippen LogP contribution < -0.4 is 5.73 Å². The summed E-state index contributed by atoms with van der Waals surface area (Å²) in [7, 11) is 0. The molecule has 2 unspecified atom stereocenters. The number of rotatable bonds is 3. The van der Waals surface area contributed by atoms with E-state index in [0.29, 0.717) is 13.2 Å². The van der Waals surface area contributed by atoms with Gasteiger partial charge in [0.25, 0.3) is 0 Å². The van der Waals surface area contributed by atoms with Crippen molar-refractivity contribution in [3.05, 3.63) is 21.9 Å². The van der Waals surface area contributed by atoms with Crippen LogP contribution >= 0.6 is 11.3 Å². The molecule has 2 N–H and O–H groups in total. The summed E-state index contributed by atoms with van der Waals surface area (Å²) in [4.78, 5) is 2.44. The summed E-state index contributed by atoms with van der Waals surface area (Å²) in [6.45, 7) is 3.41. The van der Waals surface area contributed by atoms with Gasteiger partial charge in [0.05, 0.1) is 17.6 Å². The monoisotopic (exact) mass is 213 g/mol. The Morgan fingerprint density at radius 3 is 3.07 bits per heavy atom. The molecule has 1 aliphatic heterocycles. The minimum absolute atomic E-state index is 0.162. The van der Waals surface area contributed by atoms with Crippen LogP contribution in [0.2, 0.25) is 0 Å². The van der Waals surface area contributed by atoms with Crippen molar-refractivity contribution in [3.8, 4) is 0 Å². The first kappa shape index (κ1) is 10.1. The predicted molar refractivity (Wildman–Crippen MR) is 56.3 cm³/mol. The first-order chi connectivity index (χ1) is 6.79. The van der Waals surface area contributed by atoms with E-state index < -0.39 is 0 Å². The molecule has 4 heteroatoms. The molecule has 0 bridgehead atoms. The van der Waals surface area contributed by atoms with Crippen molar-refractivity contribution in [2.75, 3.05) is 13.2 Å². The van der Waals surface area contributed by atoms with Gasteiger partial charge in [-0.05, 0) is 32.0 Å². The molecule has 0 aromatic carbocycles. The third-order valence-electron chi connectivity index (χ3n) is 2.23. The van der Waals surface area contributed by atoms with Gasteiger partial charge in [-0.2, -0.15) is 0 Å². The molecular formula is C10H15NO2S. The number of hydrogen-bond acceptors (Lipinski definition) is 4. The van der Waals surface area contributed by atoms with Crippen molar-refractivity contribution in [2.45, 2.75) is 25.7 Å². The van der Waals surface area contributed by atoms with Crippen LogP contribution in [0.1, 0.15) is 22.5 Å². The molecule has 2 atom stereocenters. The highest BCUT2D eigenvalue weighted by molar-refractivity contribution is 7.11. The van der Waals surface area contributed by atoms with Crippen LogP contribution in [-0.2, 0) is 9.47 Å². The summed E-state index contributed by atoms with van der Waals surface area (Å²) >= 11 is 1.72. The summed E-state index contributed by atoms with van der Waals surface area (Å²) in [5.74, 6) is 0. The first-order valence-corrected chi connectivity index (χ1v) is 5.64. The summed E-state index contributed by atoms with van der Waals surface area (Å²) in [5.41, 5.74) is 5.46. The molecule has 78 valence electrons. The van der Waals surface area contributed by atoms with Crippen LogP contribution in [0, 0.1) is 6.92 Å². The van der Waals surface area contributed by atoms with Crippen LogP contribution in [-0.4, -0.2) is 19.3 Å². The summed E-state index contributed by atoms with van der Waals surface area (Å²) in [6, 6.07) is 4.15. The summed E-state index contributed by atoms with van der Waals surface area (Å²) in [5, 5.41) is 0. The van der Waals surface area contributed by atoms with Crippen molar-refractivity contribution in [2.24, 2.45) is 5.73 Å². The van der Waals surface area contributed by atoms with Crippen molar-refractivity contribution < 1.29 is 9.47 Å². The van der Waals surface area contributed by atoms with Gasteiger partial charge in [0.15, 0.2) is 6.29 Å². The maximum atomic E-state index is 5.71. The van der Waals surface area contributed by atoms with Gasteiger partial charge in [-0.3, -0.25) is 0 Å². The number of thiophene rings is 1. The molecule has 0 aliphatic carbocycles. The van der Waals surface area contributed by atoms with Crippen molar-refractivity contribution in [1.82, 2.24) is 0 Å². The Labute approximate surface area is 87.8 Å². The quantitative estimate of drug-likeness (QED) is 0.833. The number of aryl methyl sites for hydroxylation is 1. The van der Waals surface area contributed by atoms with E-state index in [0.717, 1.165) is 11.3 Å². The van der Waals surface area contributed by atoms with Gasteiger partial charge < -0.3 is 15.2 Å². The number of hydrogen-bond donors (Lipinski definition) is 1. The Balaban J connectivity index is 1.95. The molecule has 14 heavy (non-hydrogen) atoms. The molecule has 0 amide bonds. The van der Waals surface area contributed by atoms with E-state index in [1.54, 1.807) is 11.3 Å². The van der Waals surface area contributed by atoms with E-state index in [1.807, 2.05) is 0 Å². The molecule has 2 heterocycles. The Hall–Kier alpha value is -0.420. The Kier molecular flexibility index (Phi) is 3.18. The highest BCUT2D eigenvalue weighted by atomic mass is 32.1. The van der Waals surface area contributed by atoms with Crippen LogP contribution in [0.15, 0.2) is 12.1 Å². The lowest BCUT2D eigenvalue weighted by molar-refractivity contribution is -0.0581. The zero-order valence-electron chi connectivity index (χ0n) is 8.23. The fraction of sp³-hybridized carbons (Fsp3) is 0.600. The van der Waals surface area contributed by atoms with Gasteiger partial charge in [-0.15, -0.1) is 11.3 Å². The third-order valence-corrected chi connectivity index (χ3v) is 3.25. The fourth-order valence-electron chi connectivity index (χ4n) is 1.51. The molecule has 0 radical (unpaired) electrons. The molecular weight excluding hydrogens is 198 g/mol. The van der Waals surface area contributed by atoms with Crippen molar-refractivity contribution >= 4 is 11.3 Å². The van der Waals surface area contributed by atoms with E-state index in [-0.39, 0.29) is 12.4 Å². The van der Waals surface area contributed by atoms with Crippen LogP contribution in [0.5, 0.6) is 0 Å². The minimum Gasteiger partial charge on any atom is -0.345 e. The van der Waals surface area contributed by atoms with E-state index >= 15 is 0 Å². The number of nitrogens with two attached hydrogens (primary N) is 1. The first-order valence-electron chi connectivity index (χ1n) is 4.83. The Morgan fingerprint density at radius 1 is 1.57 bits per heavy atom. The standard InChI is InChI=1S/C10H15NO2S/c1-7-2-3-9(14-7)10-12-6-8(13-10)4-5-11/h2-3,8,10H,4-6,11H2,1H3. The van der Waals surface area contributed by atoms with E-state index in [1.165, 1.54) is 4.88 Å². The van der Waals surface area contributed by atoms with Gasteiger partial charge in [-0.1, -0.05) is 0 Å². The third kappa shape index (κ3) is 2.15. The van der Waals surface area contributed by atoms with Gasteiger partial charge in [0, 0.05) is 4.88 Å². The highest BCUT2D eigenvalue weighted by Crippen LogP contribution is 2.32. The molecule has 1 aliphatic rings. The molecule has 1 saturated heterocycles. The largest absolute Gasteiger partial charge is 0.345 e. The normalized spacial score (nSPS) is 27.0. The average molecular weight is 213 g/mol. The maximum Gasteiger partial charge on any atom is 0.193 e. The average Bonchev–Trinajstić information content (AvgIpc) is 2.74. The molecule has 1 aromatic rings. The van der Waals surface area contributed by atoms with Crippen molar-refractivity contribution in [3.63, 3.8) is 0 Å². The van der Waals surface area contributed by atoms with Crippen LogP contribution in [0.4, 0.5) is 0 Å². The van der Waals surface area contributed by atoms with Gasteiger partial charge in [0.1, 0.15) is 0 Å². The Bertz CT molecular complexity index is 300. The molecule has 3 nitrogen and oxygen atoms in total.